The molecule has 0 radical (unpaired) electrons. The van der Waals surface area contributed by atoms with E-state index < -0.39 is 14.9 Å². The smallest absolute Gasteiger partial charge is 0.271 e. The summed E-state index contributed by atoms with van der Waals surface area (Å²) >= 11 is 0. The van der Waals surface area contributed by atoms with Crippen molar-refractivity contribution in [3.63, 3.8) is 0 Å². The summed E-state index contributed by atoms with van der Waals surface area (Å²) in [5, 5.41) is 11.0. The Morgan fingerprint density at radius 2 is 1.81 bits per heavy atom. The zero-order chi connectivity index (χ0) is 19.4. The molecule has 1 fully saturated rings. The average Bonchev–Trinajstić information content (AvgIpc) is 2.68. The van der Waals surface area contributed by atoms with E-state index in [4.69, 9.17) is 4.74 Å². The van der Waals surface area contributed by atoms with Crippen LogP contribution in [-0.4, -0.2) is 60.8 Å². The quantitative estimate of drug-likeness (QED) is 0.542. The summed E-state index contributed by atoms with van der Waals surface area (Å²) in [4.78, 5) is 16.4. The maximum absolute atomic E-state index is 13.0. The van der Waals surface area contributed by atoms with Crippen molar-refractivity contribution in [2.45, 2.75) is 11.4 Å². The van der Waals surface area contributed by atoms with Crippen LogP contribution < -0.4 is 4.74 Å². The summed E-state index contributed by atoms with van der Waals surface area (Å²) in [5.74, 6) is 0.0971. The molecule has 1 aromatic carbocycles. The SMILES string of the molecule is COc1ccc([N+](=O)[O-])cc1S(=O)(=O)N1CCN(Cc2ccncc2)CC1. The number of methoxy groups -OCH3 is 1. The van der Waals surface area contributed by atoms with Gasteiger partial charge in [0.1, 0.15) is 10.6 Å². The zero-order valence-electron chi connectivity index (χ0n) is 14.8. The number of aromatic nitrogens is 1. The Morgan fingerprint density at radius 1 is 1.15 bits per heavy atom. The maximum atomic E-state index is 13.0. The minimum atomic E-state index is -3.89. The van der Waals surface area contributed by atoms with Crippen LogP contribution in [0.1, 0.15) is 5.56 Å². The van der Waals surface area contributed by atoms with Crippen molar-refractivity contribution in [1.82, 2.24) is 14.2 Å². The van der Waals surface area contributed by atoms with Crippen molar-refractivity contribution >= 4 is 15.7 Å². The van der Waals surface area contributed by atoms with E-state index in [0.29, 0.717) is 26.2 Å². The summed E-state index contributed by atoms with van der Waals surface area (Å²) in [5.41, 5.74) is 0.826. The average molecular weight is 392 g/mol. The Balaban J connectivity index is 1.75. The van der Waals surface area contributed by atoms with E-state index >= 15 is 0 Å². The molecule has 0 amide bonds. The number of nitro benzene ring substituents is 1. The molecule has 0 unspecified atom stereocenters. The van der Waals surface area contributed by atoms with E-state index in [2.05, 4.69) is 9.88 Å². The Labute approximate surface area is 157 Å². The molecule has 0 N–H and O–H groups in total. The number of sulfonamides is 1. The Kier molecular flexibility index (Phi) is 5.68. The van der Waals surface area contributed by atoms with Crippen LogP contribution in [0.4, 0.5) is 5.69 Å². The minimum absolute atomic E-state index is 0.0971. The first-order valence-corrected chi connectivity index (χ1v) is 9.79. The van der Waals surface area contributed by atoms with Gasteiger partial charge in [-0.25, -0.2) is 8.42 Å². The van der Waals surface area contributed by atoms with Crippen molar-refractivity contribution in [2.24, 2.45) is 0 Å². The molecular formula is C17H20N4O5S. The standard InChI is InChI=1S/C17H20N4O5S/c1-26-16-3-2-15(21(22)23)12-17(16)27(24,25)20-10-8-19(9-11-20)13-14-4-6-18-7-5-14/h2-7,12H,8-11,13H2,1H3. The fourth-order valence-electron chi connectivity index (χ4n) is 2.99. The van der Waals surface area contributed by atoms with Crippen molar-refractivity contribution in [2.75, 3.05) is 33.3 Å². The highest BCUT2D eigenvalue weighted by Gasteiger charge is 2.32. The second-order valence-electron chi connectivity index (χ2n) is 6.13. The second-order valence-corrected chi connectivity index (χ2v) is 8.03. The predicted octanol–water partition coefficient (Wildman–Crippen LogP) is 1.50. The number of rotatable bonds is 6. The number of hydrogen-bond donors (Lipinski definition) is 0. The highest BCUT2D eigenvalue weighted by Crippen LogP contribution is 2.31. The monoisotopic (exact) mass is 392 g/mol. The van der Waals surface area contributed by atoms with Crippen LogP contribution in [0.15, 0.2) is 47.6 Å². The van der Waals surface area contributed by atoms with Crippen LogP contribution in [0.3, 0.4) is 0 Å². The molecule has 9 nitrogen and oxygen atoms in total. The van der Waals surface area contributed by atoms with Crippen LogP contribution in [0, 0.1) is 10.1 Å². The van der Waals surface area contributed by atoms with Gasteiger partial charge in [-0.3, -0.25) is 20.0 Å². The number of non-ortho nitro benzene ring substituents is 1. The highest BCUT2D eigenvalue weighted by molar-refractivity contribution is 7.89. The van der Waals surface area contributed by atoms with Crippen molar-refractivity contribution in [3.05, 3.63) is 58.4 Å². The lowest BCUT2D eigenvalue weighted by atomic mass is 10.2. The fourth-order valence-corrected chi connectivity index (χ4v) is 4.59. The molecule has 0 saturated carbocycles. The topological polar surface area (TPSA) is 106 Å². The van der Waals surface area contributed by atoms with Gasteiger partial charge in [0.05, 0.1) is 12.0 Å². The largest absolute Gasteiger partial charge is 0.495 e. The van der Waals surface area contributed by atoms with E-state index in [0.717, 1.165) is 18.2 Å². The number of piperazine rings is 1. The number of nitro groups is 1. The van der Waals surface area contributed by atoms with Gasteiger partial charge in [-0.2, -0.15) is 4.31 Å². The molecule has 1 aliphatic rings. The predicted molar refractivity (Wildman–Crippen MR) is 97.9 cm³/mol. The molecule has 1 saturated heterocycles. The van der Waals surface area contributed by atoms with Crippen LogP contribution in [0.5, 0.6) is 5.75 Å². The number of benzene rings is 1. The van der Waals surface area contributed by atoms with Crippen molar-refractivity contribution in [3.8, 4) is 5.75 Å². The number of nitrogens with zero attached hydrogens (tertiary/aromatic N) is 4. The third-order valence-electron chi connectivity index (χ3n) is 4.46. The summed E-state index contributed by atoms with van der Waals surface area (Å²) in [6, 6.07) is 7.45. The van der Waals surface area contributed by atoms with Crippen LogP contribution in [0.2, 0.25) is 0 Å². The molecule has 3 rings (SSSR count). The van der Waals surface area contributed by atoms with Gasteiger partial charge in [0.2, 0.25) is 10.0 Å². The van der Waals surface area contributed by atoms with Gasteiger partial charge in [-0.1, -0.05) is 0 Å². The summed E-state index contributed by atoms with van der Waals surface area (Å²) in [6.07, 6.45) is 3.45. The van der Waals surface area contributed by atoms with Crippen LogP contribution in [0.25, 0.3) is 0 Å². The molecular weight excluding hydrogens is 372 g/mol. The third-order valence-corrected chi connectivity index (χ3v) is 6.38. The van der Waals surface area contributed by atoms with Gasteiger partial charge in [0.15, 0.2) is 0 Å². The summed E-state index contributed by atoms with van der Waals surface area (Å²) in [7, 11) is -2.55. The first kappa shape index (κ1) is 19.2. The number of hydrogen-bond acceptors (Lipinski definition) is 7. The van der Waals surface area contributed by atoms with Crippen LogP contribution >= 0.6 is 0 Å². The van der Waals surface area contributed by atoms with Gasteiger partial charge >= 0.3 is 0 Å². The summed E-state index contributed by atoms with van der Waals surface area (Å²) in [6.45, 7) is 2.46. The molecule has 2 heterocycles. The van der Waals surface area contributed by atoms with Gasteiger partial charge in [0, 0.05) is 57.3 Å². The van der Waals surface area contributed by atoms with E-state index in [-0.39, 0.29) is 16.3 Å². The Bertz CT molecular complexity index is 912. The van der Waals surface area contributed by atoms with Gasteiger partial charge in [-0.05, 0) is 23.8 Å². The zero-order valence-corrected chi connectivity index (χ0v) is 15.6. The normalized spacial score (nSPS) is 16.2. The molecule has 1 aromatic heterocycles. The molecule has 144 valence electrons. The van der Waals surface area contributed by atoms with Crippen LogP contribution in [-0.2, 0) is 16.6 Å². The molecule has 0 bridgehead atoms. The summed E-state index contributed by atoms with van der Waals surface area (Å²) < 4.78 is 32.5. The number of ether oxygens (including phenoxy) is 1. The second kappa shape index (κ2) is 7.99. The molecule has 2 aromatic rings. The third kappa shape index (κ3) is 4.24. The molecule has 1 aliphatic heterocycles. The van der Waals surface area contributed by atoms with Gasteiger partial charge < -0.3 is 4.74 Å². The first-order chi connectivity index (χ1) is 12.9. The number of pyridine rings is 1. The van der Waals surface area contributed by atoms with E-state index in [1.165, 1.54) is 23.5 Å². The lowest BCUT2D eigenvalue weighted by molar-refractivity contribution is -0.385. The molecule has 0 atom stereocenters. The van der Waals surface area contributed by atoms with Gasteiger partial charge in [-0.15, -0.1) is 0 Å². The van der Waals surface area contributed by atoms with E-state index in [1.54, 1.807) is 12.4 Å². The van der Waals surface area contributed by atoms with Crippen molar-refractivity contribution < 1.29 is 18.1 Å². The maximum Gasteiger partial charge on any atom is 0.271 e. The Hall–Kier alpha value is -2.56. The lowest BCUT2D eigenvalue weighted by Gasteiger charge is -2.34. The first-order valence-electron chi connectivity index (χ1n) is 8.35. The highest BCUT2D eigenvalue weighted by atomic mass is 32.2. The Morgan fingerprint density at radius 3 is 2.41 bits per heavy atom. The van der Waals surface area contributed by atoms with Gasteiger partial charge in [0.25, 0.3) is 5.69 Å². The van der Waals surface area contributed by atoms with E-state index in [9.17, 15) is 18.5 Å². The lowest BCUT2D eigenvalue weighted by Crippen LogP contribution is -2.48. The molecule has 0 spiro atoms. The molecule has 10 heteroatoms. The fraction of sp³-hybridized carbons (Fsp3) is 0.353. The minimum Gasteiger partial charge on any atom is -0.495 e. The molecule has 0 aliphatic carbocycles. The van der Waals surface area contributed by atoms with E-state index in [1.807, 2.05) is 12.1 Å². The van der Waals surface area contributed by atoms with Crippen molar-refractivity contribution in [1.29, 1.82) is 0 Å². The molecule has 27 heavy (non-hydrogen) atoms.